The normalized spacial score (nSPS) is 10.4. The maximum atomic E-state index is 12.2. The summed E-state index contributed by atoms with van der Waals surface area (Å²) in [5.41, 5.74) is 1.38. The summed E-state index contributed by atoms with van der Waals surface area (Å²) in [7, 11) is 0. The van der Waals surface area contributed by atoms with Gasteiger partial charge in [-0.05, 0) is 36.2 Å². The van der Waals surface area contributed by atoms with Gasteiger partial charge in [-0.15, -0.1) is 0 Å². The van der Waals surface area contributed by atoms with Crippen LogP contribution in [0.3, 0.4) is 0 Å². The minimum atomic E-state index is -0.360. The zero-order chi connectivity index (χ0) is 18.4. The van der Waals surface area contributed by atoms with Gasteiger partial charge in [0.25, 0.3) is 0 Å². The van der Waals surface area contributed by atoms with Gasteiger partial charge in [-0.25, -0.2) is 0 Å². The molecule has 0 heterocycles. The first kappa shape index (κ1) is 19.6. The minimum absolute atomic E-state index is 0.0789. The van der Waals surface area contributed by atoms with Crippen LogP contribution >= 0.6 is 34.8 Å². The fraction of sp³-hybridized carbons (Fsp3) is 0.222. The summed E-state index contributed by atoms with van der Waals surface area (Å²) >= 11 is 17.9. The summed E-state index contributed by atoms with van der Waals surface area (Å²) in [6, 6.07) is 12.3. The molecule has 0 saturated carbocycles. The zero-order valence-electron chi connectivity index (χ0n) is 13.6. The van der Waals surface area contributed by atoms with Crippen molar-refractivity contribution in [1.82, 2.24) is 4.90 Å². The largest absolute Gasteiger partial charge is 0.333 e. The summed E-state index contributed by atoms with van der Waals surface area (Å²) < 4.78 is 0. The zero-order valence-corrected chi connectivity index (χ0v) is 15.8. The highest BCUT2D eigenvalue weighted by atomic mass is 35.5. The summed E-state index contributed by atoms with van der Waals surface area (Å²) in [6.07, 6.45) is 0.622. The molecule has 2 aromatic carbocycles. The van der Waals surface area contributed by atoms with Gasteiger partial charge in [0.1, 0.15) is 0 Å². The maximum Gasteiger partial charge on any atom is 0.244 e. The molecule has 0 aliphatic rings. The standard InChI is InChI=1S/C18H17Cl3N2O2/c1-12(24)23(10-9-13-5-7-14(19)8-6-13)11-17(25)22-18-15(20)3-2-4-16(18)21/h2-8H,9-11H2,1H3,(H,22,25). The van der Waals surface area contributed by atoms with Gasteiger partial charge < -0.3 is 10.2 Å². The maximum absolute atomic E-state index is 12.2. The predicted octanol–water partition coefficient (Wildman–Crippen LogP) is 4.68. The summed E-state index contributed by atoms with van der Waals surface area (Å²) in [5.74, 6) is -0.546. The lowest BCUT2D eigenvalue weighted by Gasteiger charge is -2.21. The predicted molar refractivity (Wildman–Crippen MR) is 103 cm³/mol. The highest BCUT2D eigenvalue weighted by Crippen LogP contribution is 2.29. The average molecular weight is 400 g/mol. The van der Waals surface area contributed by atoms with Crippen LogP contribution in [0.2, 0.25) is 15.1 Å². The Morgan fingerprint density at radius 2 is 1.60 bits per heavy atom. The number of carbonyl (C=O) groups excluding carboxylic acids is 2. The Morgan fingerprint density at radius 1 is 1.00 bits per heavy atom. The third-order valence-corrected chi connectivity index (χ3v) is 4.47. The molecule has 0 unspecified atom stereocenters. The topological polar surface area (TPSA) is 49.4 Å². The van der Waals surface area contributed by atoms with Crippen LogP contribution in [0.1, 0.15) is 12.5 Å². The summed E-state index contributed by atoms with van der Waals surface area (Å²) in [5, 5.41) is 4.00. The first-order chi connectivity index (χ1) is 11.9. The van der Waals surface area contributed by atoms with Crippen molar-refractivity contribution in [2.45, 2.75) is 13.3 Å². The van der Waals surface area contributed by atoms with Gasteiger partial charge in [-0.2, -0.15) is 0 Å². The quantitative estimate of drug-likeness (QED) is 0.767. The number of amides is 2. The Hall–Kier alpha value is -1.75. The second kappa shape index (κ2) is 9.09. The van der Waals surface area contributed by atoms with E-state index in [0.29, 0.717) is 33.7 Å². The van der Waals surface area contributed by atoms with Crippen molar-refractivity contribution in [3.05, 3.63) is 63.1 Å². The molecule has 0 aliphatic heterocycles. The Balaban J connectivity index is 1.97. The van der Waals surface area contributed by atoms with Crippen molar-refractivity contribution in [3.8, 4) is 0 Å². The molecule has 25 heavy (non-hydrogen) atoms. The van der Waals surface area contributed by atoms with E-state index < -0.39 is 0 Å². The molecule has 0 aromatic heterocycles. The lowest BCUT2D eigenvalue weighted by atomic mass is 10.1. The van der Waals surface area contributed by atoms with Crippen LogP contribution in [0.4, 0.5) is 5.69 Å². The number of carbonyl (C=O) groups is 2. The van der Waals surface area contributed by atoms with E-state index in [0.717, 1.165) is 5.56 Å². The fourth-order valence-corrected chi connectivity index (χ4v) is 2.85. The molecule has 1 N–H and O–H groups in total. The first-order valence-corrected chi connectivity index (χ1v) is 8.74. The lowest BCUT2D eigenvalue weighted by molar-refractivity contribution is -0.132. The van der Waals surface area contributed by atoms with Crippen LogP contribution in [0.5, 0.6) is 0 Å². The van der Waals surface area contributed by atoms with Gasteiger partial charge in [-0.3, -0.25) is 9.59 Å². The molecule has 0 aliphatic carbocycles. The second-order valence-electron chi connectivity index (χ2n) is 5.46. The number of rotatable bonds is 6. The third-order valence-electron chi connectivity index (χ3n) is 3.59. The van der Waals surface area contributed by atoms with Crippen LogP contribution in [0.15, 0.2) is 42.5 Å². The number of hydrogen-bond acceptors (Lipinski definition) is 2. The van der Waals surface area contributed by atoms with E-state index >= 15 is 0 Å². The van der Waals surface area contributed by atoms with Crippen molar-refractivity contribution in [3.63, 3.8) is 0 Å². The molecule has 2 amide bonds. The van der Waals surface area contributed by atoms with Gasteiger partial charge in [-0.1, -0.05) is 53.0 Å². The molecule has 0 spiro atoms. The lowest BCUT2D eigenvalue weighted by Crippen LogP contribution is -2.38. The fourth-order valence-electron chi connectivity index (χ4n) is 2.23. The van der Waals surface area contributed by atoms with Crippen molar-refractivity contribution in [1.29, 1.82) is 0 Å². The second-order valence-corrected chi connectivity index (χ2v) is 6.71. The van der Waals surface area contributed by atoms with E-state index in [1.807, 2.05) is 12.1 Å². The number of nitrogens with one attached hydrogen (secondary N) is 1. The summed E-state index contributed by atoms with van der Waals surface area (Å²) in [6.45, 7) is 1.77. The number of halogens is 3. The SMILES string of the molecule is CC(=O)N(CCc1ccc(Cl)cc1)CC(=O)Nc1c(Cl)cccc1Cl. The number of nitrogens with zero attached hydrogens (tertiary/aromatic N) is 1. The molecular formula is C18H17Cl3N2O2. The van der Waals surface area contributed by atoms with E-state index in [1.165, 1.54) is 11.8 Å². The Kier molecular flexibility index (Phi) is 7.12. The Morgan fingerprint density at radius 3 is 2.16 bits per heavy atom. The smallest absolute Gasteiger partial charge is 0.244 e. The van der Waals surface area contributed by atoms with Gasteiger partial charge in [0.15, 0.2) is 0 Å². The van der Waals surface area contributed by atoms with Crippen molar-refractivity contribution in [2.75, 3.05) is 18.4 Å². The van der Waals surface area contributed by atoms with E-state index in [2.05, 4.69) is 5.32 Å². The van der Waals surface area contributed by atoms with E-state index in [-0.39, 0.29) is 18.4 Å². The minimum Gasteiger partial charge on any atom is -0.333 e. The molecule has 0 atom stereocenters. The van der Waals surface area contributed by atoms with Gasteiger partial charge in [0, 0.05) is 18.5 Å². The Bertz CT molecular complexity index is 743. The van der Waals surface area contributed by atoms with Gasteiger partial charge >= 0.3 is 0 Å². The van der Waals surface area contributed by atoms with Crippen LogP contribution < -0.4 is 5.32 Å². The molecule has 0 saturated heterocycles. The van der Waals surface area contributed by atoms with Crippen molar-refractivity contribution < 1.29 is 9.59 Å². The van der Waals surface area contributed by atoms with E-state index in [4.69, 9.17) is 34.8 Å². The van der Waals surface area contributed by atoms with E-state index in [9.17, 15) is 9.59 Å². The molecular weight excluding hydrogens is 383 g/mol. The molecule has 0 bridgehead atoms. The van der Waals surface area contributed by atoms with Gasteiger partial charge in [0.2, 0.25) is 11.8 Å². The van der Waals surface area contributed by atoms with E-state index in [1.54, 1.807) is 30.3 Å². The highest BCUT2D eigenvalue weighted by molar-refractivity contribution is 6.39. The molecule has 2 rings (SSSR count). The number of anilines is 1. The van der Waals surface area contributed by atoms with Crippen molar-refractivity contribution in [2.24, 2.45) is 0 Å². The number of hydrogen-bond donors (Lipinski definition) is 1. The molecule has 0 fully saturated rings. The molecule has 7 heteroatoms. The average Bonchev–Trinajstić information content (AvgIpc) is 2.56. The molecule has 2 aromatic rings. The highest BCUT2D eigenvalue weighted by Gasteiger charge is 2.16. The van der Waals surface area contributed by atoms with Gasteiger partial charge in [0.05, 0.1) is 22.3 Å². The first-order valence-electron chi connectivity index (χ1n) is 7.60. The number of para-hydroxylation sites is 1. The monoisotopic (exact) mass is 398 g/mol. The Labute approximate surface area is 161 Å². The van der Waals surface area contributed by atoms with Crippen LogP contribution in [0.25, 0.3) is 0 Å². The van der Waals surface area contributed by atoms with Crippen LogP contribution in [-0.2, 0) is 16.0 Å². The molecule has 132 valence electrons. The molecule has 0 radical (unpaired) electrons. The molecule has 4 nitrogen and oxygen atoms in total. The van der Waals surface area contributed by atoms with Crippen LogP contribution in [0, 0.1) is 0 Å². The van der Waals surface area contributed by atoms with Crippen LogP contribution in [-0.4, -0.2) is 29.8 Å². The third kappa shape index (κ3) is 5.92. The van der Waals surface area contributed by atoms with Crippen molar-refractivity contribution >= 4 is 52.3 Å². The number of benzene rings is 2. The summed E-state index contributed by atoms with van der Waals surface area (Å²) in [4.78, 5) is 25.5.